The lowest BCUT2D eigenvalue weighted by atomic mass is 10.8. The van der Waals surface area contributed by atoms with Gasteiger partial charge in [0.15, 0.2) is 0 Å². The zero-order valence-corrected chi connectivity index (χ0v) is 11.8. The maximum Gasteiger partial charge on any atom is 0.314 e. The van der Waals surface area contributed by atoms with Crippen LogP contribution >= 0.6 is 0 Å². The molecular weight excluding hydrogens is 272 g/mol. The molecule has 4 saturated heterocycles. The van der Waals surface area contributed by atoms with Crippen LogP contribution in [-0.4, -0.2) is 78.2 Å². The average molecular weight is 290 g/mol. The number of urea groups is 1. The van der Waals surface area contributed by atoms with E-state index >= 15 is 0 Å². The molecule has 0 atom stereocenters. The quantitative estimate of drug-likeness (QED) is 0.692. The lowest BCUT2D eigenvalue weighted by molar-refractivity contribution is 0.238. The smallest absolute Gasteiger partial charge is 0.314 e. The first-order valence-electron chi connectivity index (χ1n) is 7.26. The van der Waals surface area contributed by atoms with Crippen molar-refractivity contribution < 1.29 is 4.79 Å². The van der Waals surface area contributed by atoms with Crippen molar-refractivity contribution in [2.24, 2.45) is 5.73 Å². The van der Waals surface area contributed by atoms with E-state index in [9.17, 15) is 4.79 Å². The summed E-state index contributed by atoms with van der Waals surface area (Å²) in [5.74, 6) is 2.57. The van der Waals surface area contributed by atoms with Gasteiger partial charge in [-0.1, -0.05) is 0 Å². The molecule has 4 aliphatic heterocycles. The second kappa shape index (κ2) is 4.61. The van der Waals surface area contributed by atoms with Gasteiger partial charge in [0.2, 0.25) is 17.8 Å². The third-order valence-corrected chi connectivity index (χ3v) is 3.55. The zero-order chi connectivity index (χ0) is 14.4. The molecule has 0 aromatic carbocycles. The van der Waals surface area contributed by atoms with Gasteiger partial charge in [0.1, 0.15) is 0 Å². The Bertz CT molecular complexity index is 488. The van der Waals surface area contributed by atoms with Gasteiger partial charge in [0.05, 0.1) is 0 Å². The molecule has 1 aromatic rings. The number of hydrogen-bond acceptors (Lipinski definition) is 7. The minimum Gasteiger partial charge on any atom is -0.351 e. The first kappa shape index (κ1) is 12.4. The molecule has 0 saturated carbocycles. The highest BCUT2D eigenvalue weighted by atomic mass is 16.2. The Labute approximate surface area is 122 Å². The highest BCUT2D eigenvalue weighted by Crippen LogP contribution is 2.26. The van der Waals surface area contributed by atoms with Gasteiger partial charge in [-0.3, -0.25) is 0 Å². The van der Waals surface area contributed by atoms with Gasteiger partial charge in [-0.15, -0.1) is 0 Å². The number of aromatic nitrogens is 3. The third-order valence-electron chi connectivity index (χ3n) is 3.55. The van der Waals surface area contributed by atoms with Gasteiger partial charge in [-0.05, 0) is 0 Å². The van der Waals surface area contributed by atoms with Crippen LogP contribution in [0.15, 0.2) is 0 Å². The Kier molecular flexibility index (Phi) is 2.72. The molecule has 5 rings (SSSR count). The fraction of sp³-hybridized carbons (Fsp3) is 0.667. The molecule has 21 heavy (non-hydrogen) atoms. The standard InChI is InChI=1S/C9H12N6.C3H6N2O/c1-2-13(1)7-10-8(14-3-4-14)12-9(11-7)15-5-6-15;4-3(6)5-1-2-5/h1-6H2;1-2H2,(H2,4,6). The molecule has 9 nitrogen and oxygen atoms in total. The summed E-state index contributed by atoms with van der Waals surface area (Å²) in [5, 5.41) is 0. The molecule has 0 radical (unpaired) electrons. The molecule has 2 N–H and O–H groups in total. The maximum atomic E-state index is 9.91. The van der Waals surface area contributed by atoms with Gasteiger partial charge in [-0.25, -0.2) is 4.79 Å². The Morgan fingerprint density at radius 3 is 1.19 bits per heavy atom. The van der Waals surface area contributed by atoms with E-state index < -0.39 is 0 Å². The summed E-state index contributed by atoms with van der Waals surface area (Å²) in [6, 6.07) is -0.296. The second-order valence-corrected chi connectivity index (χ2v) is 5.52. The lowest BCUT2D eigenvalue weighted by Gasteiger charge is -2.08. The van der Waals surface area contributed by atoms with Crippen LogP contribution in [0.2, 0.25) is 0 Å². The van der Waals surface area contributed by atoms with Crippen LogP contribution in [0.5, 0.6) is 0 Å². The van der Waals surface area contributed by atoms with Crippen molar-refractivity contribution in [3.8, 4) is 0 Å². The van der Waals surface area contributed by atoms with E-state index in [1.807, 2.05) is 0 Å². The fourth-order valence-electron chi connectivity index (χ4n) is 1.79. The van der Waals surface area contributed by atoms with Gasteiger partial charge in [0.25, 0.3) is 0 Å². The number of nitrogens with two attached hydrogens (primary N) is 1. The molecule has 112 valence electrons. The Morgan fingerprint density at radius 2 is 1.05 bits per heavy atom. The van der Waals surface area contributed by atoms with Crippen molar-refractivity contribution in [2.75, 3.05) is 67.1 Å². The van der Waals surface area contributed by atoms with E-state index in [0.29, 0.717) is 0 Å². The topological polar surface area (TPSA) is 93.8 Å². The molecule has 0 aliphatic carbocycles. The Morgan fingerprint density at radius 1 is 0.714 bits per heavy atom. The number of nitrogens with zero attached hydrogens (tertiary/aromatic N) is 7. The number of amides is 2. The van der Waals surface area contributed by atoms with Crippen LogP contribution in [0.4, 0.5) is 22.6 Å². The molecule has 9 heteroatoms. The number of primary amides is 1. The normalized spacial score (nSPS) is 20.8. The van der Waals surface area contributed by atoms with Crippen molar-refractivity contribution in [3.63, 3.8) is 0 Å². The molecule has 0 unspecified atom stereocenters. The lowest BCUT2D eigenvalue weighted by Crippen LogP contribution is -2.17. The first-order valence-corrected chi connectivity index (χ1v) is 7.26. The van der Waals surface area contributed by atoms with Crippen LogP contribution < -0.4 is 20.4 Å². The first-order chi connectivity index (χ1) is 10.2. The summed E-state index contributed by atoms with van der Waals surface area (Å²) in [6.45, 7) is 8.23. The predicted octanol–water partition coefficient (Wildman–Crippen LogP) is -1.29. The fourth-order valence-corrected chi connectivity index (χ4v) is 1.79. The third kappa shape index (κ3) is 3.06. The second-order valence-electron chi connectivity index (χ2n) is 5.52. The monoisotopic (exact) mass is 290 g/mol. The maximum absolute atomic E-state index is 9.91. The molecule has 4 aliphatic rings. The summed E-state index contributed by atoms with van der Waals surface area (Å²) >= 11 is 0. The average Bonchev–Trinajstić information content (AvgIpc) is 3.37. The van der Waals surface area contributed by atoms with Crippen molar-refractivity contribution in [3.05, 3.63) is 0 Å². The number of rotatable bonds is 3. The molecule has 5 heterocycles. The summed E-state index contributed by atoms with van der Waals surface area (Å²) in [5.41, 5.74) is 4.78. The highest BCUT2D eigenvalue weighted by Gasteiger charge is 2.30. The minimum absolute atomic E-state index is 0.296. The number of carbonyl (C=O) groups excluding carboxylic acids is 1. The molecule has 4 fully saturated rings. The van der Waals surface area contributed by atoms with Gasteiger partial charge < -0.3 is 25.3 Å². The summed E-state index contributed by atoms with van der Waals surface area (Å²) < 4.78 is 0. The van der Waals surface area contributed by atoms with Crippen molar-refractivity contribution in [1.82, 2.24) is 19.9 Å². The van der Waals surface area contributed by atoms with Gasteiger partial charge in [0, 0.05) is 52.4 Å². The molecule has 0 spiro atoms. The van der Waals surface area contributed by atoms with Crippen molar-refractivity contribution in [2.45, 2.75) is 0 Å². The predicted molar refractivity (Wildman–Crippen MR) is 77.6 cm³/mol. The minimum atomic E-state index is -0.296. The largest absolute Gasteiger partial charge is 0.351 e. The van der Waals surface area contributed by atoms with Crippen LogP contribution in [0.1, 0.15) is 0 Å². The Hall–Kier alpha value is -2.32. The van der Waals surface area contributed by atoms with Crippen LogP contribution in [0.3, 0.4) is 0 Å². The van der Waals surface area contributed by atoms with E-state index in [1.54, 1.807) is 4.90 Å². The summed E-state index contributed by atoms with van der Waals surface area (Å²) in [6.07, 6.45) is 0. The zero-order valence-electron chi connectivity index (χ0n) is 11.8. The van der Waals surface area contributed by atoms with E-state index in [2.05, 4.69) is 29.7 Å². The molecule has 1 aromatic heterocycles. The van der Waals surface area contributed by atoms with E-state index in [-0.39, 0.29) is 6.03 Å². The van der Waals surface area contributed by atoms with Crippen LogP contribution in [0.25, 0.3) is 0 Å². The van der Waals surface area contributed by atoms with Crippen molar-refractivity contribution in [1.29, 1.82) is 0 Å². The number of carbonyl (C=O) groups is 1. The van der Waals surface area contributed by atoms with E-state index in [1.165, 1.54) is 0 Å². The molecule has 0 bridgehead atoms. The van der Waals surface area contributed by atoms with Crippen LogP contribution in [0, 0.1) is 0 Å². The molecular formula is C12H18N8O. The van der Waals surface area contributed by atoms with Gasteiger partial charge >= 0.3 is 6.03 Å². The number of anilines is 3. The van der Waals surface area contributed by atoms with Gasteiger partial charge in [-0.2, -0.15) is 15.0 Å². The summed E-state index contributed by atoms with van der Waals surface area (Å²) in [7, 11) is 0. The highest BCUT2D eigenvalue weighted by molar-refractivity contribution is 5.74. The van der Waals surface area contributed by atoms with Crippen LogP contribution in [-0.2, 0) is 0 Å². The number of hydrogen-bond donors (Lipinski definition) is 1. The van der Waals surface area contributed by atoms with E-state index in [0.717, 1.165) is 70.2 Å². The Balaban J connectivity index is 0.000000163. The molecule has 2 amide bonds. The van der Waals surface area contributed by atoms with Crippen molar-refractivity contribution >= 4 is 23.9 Å². The van der Waals surface area contributed by atoms with E-state index in [4.69, 9.17) is 5.73 Å². The summed E-state index contributed by atoms with van der Waals surface area (Å²) in [4.78, 5) is 31.4. The SMILES string of the molecule is C1CN1c1nc(N2CC2)nc(N2CC2)n1.NC(=O)N1CC1.